The number of likely N-dealkylation sites (tertiary alicyclic amines) is 1. The molecule has 136 valence electrons. The van der Waals surface area contributed by atoms with Gasteiger partial charge in [0.05, 0.1) is 17.7 Å². The molecule has 0 bridgehead atoms. The van der Waals surface area contributed by atoms with E-state index in [1.54, 1.807) is 0 Å². The fourth-order valence-electron chi connectivity index (χ4n) is 3.26. The summed E-state index contributed by atoms with van der Waals surface area (Å²) in [6.45, 7) is 12.9. The van der Waals surface area contributed by atoms with Crippen LogP contribution < -0.4 is 14.8 Å². The van der Waals surface area contributed by atoms with Gasteiger partial charge in [0.1, 0.15) is 0 Å². The molecule has 0 amide bonds. The molecule has 1 aliphatic heterocycles. The van der Waals surface area contributed by atoms with Crippen molar-refractivity contribution in [3.05, 3.63) is 22.7 Å². The fourth-order valence-corrected chi connectivity index (χ4v) is 3.54. The van der Waals surface area contributed by atoms with Crippen LogP contribution in [0.15, 0.2) is 12.1 Å². The maximum Gasteiger partial charge on any atom is 0.180 e. The molecule has 0 radical (unpaired) electrons. The lowest BCUT2D eigenvalue weighted by molar-refractivity contribution is 0.224. The van der Waals surface area contributed by atoms with Crippen LogP contribution in [0, 0.1) is 0 Å². The van der Waals surface area contributed by atoms with Crippen molar-refractivity contribution in [1.29, 1.82) is 0 Å². The third kappa shape index (κ3) is 5.27. The molecule has 1 unspecified atom stereocenters. The van der Waals surface area contributed by atoms with Gasteiger partial charge in [-0.05, 0) is 64.4 Å². The minimum absolute atomic E-state index is 0.0630. The normalized spacial score (nSPS) is 18.3. The van der Waals surface area contributed by atoms with Crippen molar-refractivity contribution in [1.82, 2.24) is 10.2 Å². The van der Waals surface area contributed by atoms with Crippen LogP contribution in [0.4, 0.5) is 0 Å². The van der Waals surface area contributed by atoms with Gasteiger partial charge in [-0.15, -0.1) is 0 Å². The summed E-state index contributed by atoms with van der Waals surface area (Å²) in [6.07, 6.45) is 2.65. The molecule has 0 saturated carbocycles. The van der Waals surface area contributed by atoms with Gasteiger partial charge in [-0.1, -0.05) is 18.5 Å². The number of nitrogens with one attached hydrogen (secondary N) is 1. The number of benzene rings is 1. The van der Waals surface area contributed by atoms with Gasteiger partial charge in [0.25, 0.3) is 0 Å². The molecule has 1 aromatic carbocycles. The smallest absolute Gasteiger partial charge is 0.180 e. The van der Waals surface area contributed by atoms with Crippen LogP contribution in [0.5, 0.6) is 11.5 Å². The molecule has 24 heavy (non-hydrogen) atoms. The summed E-state index contributed by atoms with van der Waals surface area (Å²) in [5, 5.41) is 4.18. The van der Waals surface area contributed by atoms with Gasteiger partial charge in [0.2, 0.25) is 0 Å². The highest BCUT2D eigenvalue weighted by molar-refractivity contribution is 6.32. The summed E-state index contributed by atoms with van der Waals surface area (Å²) in [5.41, 5.74) is 1.13. The number of ether oxygens (including phenoxy) is 2. The summed E-state index contributed by atoms with van der Waals surface area (Å²) in [5.74, 6) is 1.37. The Morgan fingerprint density at radius 2 is 2.12 bits per heavy atom. The Balaban J connectivity index is 1.99. The van der Waals surface area contributed by atoms with E-state index in [1.807, 2.05) is 32.9 Å². The fraction of sp³-hybridized carbons (Fsp3) is 0.684. The van der Waals surface area contributed by atoms with Crippen molar-refractivity contribution < 1.29 is 9.47 Å². The lowest BCUT2D eigenvalue weighted by Gasteiger charge is -2.23. The van der Waals surface area contributed by atoms with Crippen molar-refractivity contribution in [2.45, 2.75) is 59.2 Å². The van der Waals surface area contributed by atoms with E-state index in [-0.39, 0.29) is 6.10 Å². The van der Waals surface area contributed by atoms with Crippen molar-refractivity contribution >= 4 is 11.6 Å². The first-order chi connectivity index (χ1) is 11.5. The van der Waals surface area contributed by atoms with E-state index >= 15 is 0 Å². The van der Waals surface area contributed by atoms with E-state index in [2.05, 4.69) is 17.1 Å². The maximum absolute atomic E-state index is 6.43. The predicted molar refractivity (Wildman–Crippen MR) is 100 cm³/mol. The Labute approximate surface area is 151 Å². The zero-order valence-electron chi connectivity index (χ0n) is 15.4. The van der Waals surface area contributed by atoms with Crippen molar-refractivity contribution in [2.75, 3.05) is 26.2 Å². The molecular weight excluding hydrogens is 324 g/mol. The Morgan fingerprint density at radius 3 is 2.79 bits per heavy atom. The molecule has 0 aliphatic carbocycles. The first kappa shape index (κ1) is 19.4. The number of nitrogens with zero attached hydrogens (tertiary/aromatic N) is 1. The summed E-state index contributed by atoms with van der Waals surface area (Å²) >= 11 is 6.43. The van der Waals surface area contributed by atoms with E-state index in [9.17, 15) is 0 Å². The lowest BCUT2D eigenvalue weighted by atomic mass is 10.1. The second-order valence-corrected chi connectivity index (χ2v) is 6.97. The third-order valence-corrected chi connectivity index (χ3v) is 4.62. The average Bonchev–Trinajstić information content (AvgIpc) is 2.98. The highest BCUT2D eigenvalue weighted by Crippen LogP contribution is 2.37. The average molecular weight is 355 g/mol. The van der Waals surface area contributed by atoms with Crippen molar-refractivity contribution in [2.24, 2.45) is 0 Å². The maximum atomic E-state index is 6.43. The summed E-state index contributed by atoms with van der Waals surface area (Å²) < 4.78 is 11.5. The zero-order valence-corrected chi connectivity index (χ0v) is 16.2. The molecule has 2 rings (SSSR count). The molecule has 0 spiro atoms. The highest BCUT2D eigenvalue weighted by Gasteiger charge is 2.22. The molecular formula is C19H31ClN2O2. The number of hydrogen-bond donors (Lipinski definition) is 1. The second kappa shape index (κ2) is 9.50. The van der Waals surface area contributed by atoms with Gasteiger partial charge in [-0.25, -0.2) is 0 Å². The van der Waals surface area contributed by atoms with E-state index in [1.165, 1.54) is 19.4 Å². The van der Waals surface area contributed by atoms with Crippen LogP contribution >= 0.6 is 11.6 Å². The number of likely N-dealkylation sites (N-methyl/N-ethyl adjacent to an activating group) is 1. The minimum Gasteiger partial charge on any atom is -0.490 e. The molecule has 1 saturated heterocycles. The van der Waals surface area contributed by atoms with Crippen LogP contribution in [0.3, 0.4) is 0 Å². The van der Waals surface area contributed by atoms with Crippen LogP contribution in [0.25, 0.3) is 0 Å². The van der Waals surface area contributed by atoms with Gasteiger partial charge >= 0.3 is 0 Å². The Hall–Kier alpha value is -0.970. The van der Waals surface area contributed by atoms with Gasteiger partial charge < -0.3 is 14.8 Å². The topological polar surface area (TPSA) is 33.7 Å². The number of rotatable bonds is 9. The Morgan fingerprint density at radius 1 is 1.33 bits per heavy atom. The third-order valence-electron chi connectivity index (χ3n) is 4.34. The summed E-state index contributed by atoms with van der Waals surface area (Å²) in [4.78, 5) is 2.55. The molecule has 1 aromatic rings. The lowest BCUT2D eigenvalue weighted by Crippen LogP contribution is -2.37. The molecule has 0 aromatic heterocycles. The molecule has 4 nitrogen and oxygen atoms in total. The first-order valence-corrected chi connectivity index (χ1v) is 9.49. The number of hydrogen-bond acceptors (Lipinski definition) is 4. The van der Waals surface area contributed by atoms with E-state index in [0.717, 1.165) is 30.9 Å². The molecule has 1 aliphatic rings. The largest absolute Gasteiger partial charge is 0.490 e. The van der Waals surface area contributed by atoms with E-state index in [0.29, 0.717) is 23.4 Å². The van der Waals surface area contributed by atoms with E-state index in [4.69, 9.17) is 21.1 Å². The first-order valence-electron chi connectivity index (χ1n) is 9.11. The van der Waals surface area contributed by atoms with Crippen molar-refractivity contribution in [3.8, 4) is 11.5 Å². The Bertz CT molecular complexity index is 522. The molecule has 1 atom stereocenters. The van der Waals surface area contributed by atoms with Gasteiger partial charge in [0, 0.05) is 19.1 Å². The van der Waals surface area contributed by atoms with Gasteiger partial charge in [-0.3, -0.25) is 4.90 Å². The van der Waals surface area contributed by atoms with Crippen LogP contribution in [-0.4, -0.2) is 43.3 Å². The van der Waals surface area contributed by atoms with Crippen LogP contribution in [0.1, 0.15) is 46.1 Å². The van der Waals surface area contributed by atoms with Crippen LogP contribution in [-0.2, 0) is 6.54 Å². The molecule has 5 heteroatoms. The molecule has 1 N–H and O–H groups in total. The van der Waals surface area contributed by atoms with Gasteiger partial charge in [-0.2, -0.15) is 0 Å². The summed E-state index contributed by atoms with van der Waals surface area (Å²) in [7, 11) is 0. The minimum atomic E-state index is 0.0630. The SMILES string of the molecule is CCOc1cc(CNCC2CCCN2CC)cc(Cl)c1OC(C)C. The van der Waals surface area contributed by atoms with Crippen LogP contribution in [0.2, 0.25) is 5.02 Å². The quantitative estimate of drug-likeness (QED) is 0.723. The standard InChI is InChI=1S/C19H31ClN2O2/c1-5-22-9-7-8-16(22)13-21-12-15-10-17(20)19(24-14(3)4)18(11-15)23-6-2/h10-11,14,16,21H,5-9,12-13H2,1-4H3. The van der Waals surface area contributed by atoms with Gasteiger partial charge in [0.15, 0.2) is 11.5 Å². The van der Waals surface area contributed by atoms with E-state index < -0.39 is 0 Å². The second-order valence-electron chi connectivity index (χ2n) is 6.56. The molecule has 1 fully saturated rings. The zero-order chi connectivity index (χ0) is 17.5. The predicted octanol–water partition coefficient (Wildman–Crippen LogP) is 4.10. The van der Waals surface area contributed by atoms with Crippen molar-refractivity contribution in [3.63, 3.8) is 0 Å². The summed E-state index contributed by atoms with van der Waals surface area (Å²) in [6, 6.07) is 4.66. The monoisotopic (exact) mass is 354 g/mol. The molecule has 1 heterocycles. The highest BCUT2D eigenvalue weighted by atomic mass is 35.5. The number of halogens is 1. The Kier molecular flexibility index (Phi) is 7.66.